The first-order valence-electron chi connectivity index (χ1n) is 8.85. The standard InChI is InChI=1S/C19H23N5O2/c1-11-9-21-24(10-14-4-5-14)18(11)23-17(25)7-6-15-12(2)16(8-20)19(26)22-13(15)3/h9,14H,4-7,10H2,1-3H3,(H,22,26)(H,23,25). The molecule has 26 heavy (non-hydrogen) atoms. The van der Waals surface area contributed by atoms with Crippen LogP contribution in [0.25, 0.3) is 0 Å². The first-order chi connectivity index (χ1) is 12.4. The van der Waals surface area contributed by atoms with E-state index in [1.807, 2.05) is 17.7 Å². The molecular weight excluding hydrogens is 330 g/mol. The topological polar surface area (TPSA) is 104 Å². The summed E-state index contributed by atoms with van der Waals surface area (Å²) in [5.41, 5.74) is 2.88. The van der Waals surface area contributed by atoms with Crippen LogP contribution in [0.2, 0.25) is 0 Å². The number of hydrogen-bond donors (Lipinski definition) is 2. The van der Waals surface area contributed by atoms with E-state index in [-0.39, 0.29) is 23.5 Å². The van der Waals surface area contributed by atoms with Crippen LogP contribution in [0.15, 0.2) is 11.0 Å². The van der Waals surface area contributed by atoms with Crippen molar-refractivity contribution in [3.05, 3.63) is 44.5 Å². The summed E-state index contributed by atoms with van der Waals surface area (Å²) < 4.78 is 1.87. The van der Waals surface area contributed by atoms with Crippen molar-refractivity contribution >= 4 is 11.7 Å². The normalized spacial score (nSPS) is 13.5. The Balaban J connectivity index is 1.70. The van der Waals surface area contributed by atoms with Gasteiger partial charge in [0.05, 0.1) is 6.20 Å². The maximum absolute atomic E-state index is 12.4. The highest BCUT2D eigenvalue weighted by Crippen LogP contribution is 2.32. The number of aromatic amines is 1. The third-order valence-corrected chi connectivity index (χ3v) is 4.93. The maximum atomic E-state index is 12.4. The van der Waals surface area contributed by atoms with E-state index in [2.05, 4.69) is 15.4 Å². The van der Waals surface area contributed by atoms with Crippen LogP contribution >= 0.6 is 0 Å². The van der Waals surface area contributed by atoms with Crippen LogP contribution in [0, 0.1) is 38.0 Å². The van der Waals surface area contributed by atoms with Crippen LogP contribution in [0.3, 0.4) is 0 Å². The van der Waals surface area contributed by atoms with Gasteiger partial charge in [-0.05, 0) is 57.1 Å². The largest absolute Gasteiger partial charge is 0.325 e. The van der Waals surface area contributed by atoms with Crippen LogP contribution in [0.5, 0.6) is 0 Å². The second kappa shape index (κ2) is 7.16. The predicted octanol–water partition coefficient (Wildman–Crippen LogP) is 2.35. The van der Waals surface area contributed by atoms with Crippen LogP contribution in [0.4, 0.5) is 5.82 Å². The lowest BCUT2D eigenvalue weighted by atomic mass is 9.99. The summed E-state index contributed by atoms with van der Waals surface area (Å²) in [5.74, 6) is 1.32. The number of rotatable bonds is 6. The fourth-order valence-corrected chi connectivity index (χ4v) is 3.18. The number of hydrogen-bond acceptors (Lipinski definition) is 4. The van der Waals surface area contributed by atoms with Crippen molar-refractivity contribution in [1.29, 1.82) is 5.26 Å². The molecular formula is C19H23N5O2. The molecule has 1 saturated carbocycles. The molecule has 1 aliphatic rings. The Bertz CT molecular complexity index is 944. The minimum atomic E-state index is -0.379. The van der Waals surface area contributed by atoms with Gasteiger partial charge in [0.25, 0.3) is 5.56 Å². The van der Waals surface area contributed by atoms with Gasteiger partial charge in [0, 0.05) is 24.2 Å². The molecule has 0 aromatic carbocycles. The number of anilines is 1. The molecule has 0 radical (unpaired) electrons. The van der Waals surface area contributed by atoms with Crippen LogP contribution in [0.1, 0.15) is 47.2 Å². The van der Waals surface area contributed by atoms with E-state index >= 15 is 0 Å². The molecule has 1 amide bonds. The zero-order valence-electron chi connectivity index (χ0n) is 15.3. The second-order valence-electron chi connectivity index (χ2n) is 7.02. The zero-order chi connectivity index (χ0) is 18.8. The van der Waals surface area contributed by atoms with E-state index < -0.39 is 0 Å². The first kappa shape index (κ1) is 17.9. The Morgan fingerprint density at radius 2 is 2.15 bits per heavy atom. The van der Waals surface area contributed by atoms with Crippen LogP contribution in [-0.4, -0.2) is 20.7 Å². The molecule has 0 spiro atoms. The number of amides is 1. The van der Waals surface area contributed by atoms with Gasteiger partial charge in [0.1, 0.15) is 17.5 Å². The molecule has 0 atom stereocenters. The monoisotopic (exact) mass is 353 g/mol. The van der Waals surface area contributed by atoms with Gasteiger partial charge in [-0.1, -0.05) is 0 Å². The van der Waals surface area contributed by atoms with Gasteiger partial charge >= 0.3 is 0 Å². The average molecular weight is 353 g/mol. The Morgan fingerprint density at radius 3 is 2.81 bits per heavy atom. The molecule has 2 aromatic heterocycles. The molecule has 136 valence electrons. The highest BCUT2D eigenvalue weighted by molar-refractivity contribution is 5.90. The highest BCUT2D eigenvalue weighted by atomic mass is 16.1. The van der Waals surface area contributed by atoms with E-state index in [4.69, 9.17) is 5.26 Å². The highest BCUT2D eigenvalue weighted by Gasteiger charge is 2.24. The van der Waals surface area contributed by atoms with Gasteiger partial charge in [-0.2, -0.15) is 10.4 Å². The molecule has 0 saturated heterocycles. The van der Waals surface area contributed by atoms with Crippen molar-refractivity contribution < 1.29 is 4.79 Å². The molecule has 1 fully saturated rings. The van der Waals surface area contributed by atoms with E-state index in [0.29, 0.717) is 23.6 Å². The summed E-state index contributed by atoms with van der Waals surface area (Å²) >= 11 is 0. The van der Waals surface area contributed by atoms with Crippen molar-refractivity contribution in [3.63, 3.8) is 0 Å². The van der Waals surface area contributed by atoms with Gasteiger partial charge in [-0.3, -0.25) is 9.59 Å². The average Bonchev–Trinajstić information content (AvgIpc) is 3.34. The van der Waals surface area contributed by atoms with E-state index in [0.717, 1.165) is 23.5 Å². The number of pyridine rings is 1. The predicted molar refractivity (Wildman–Crippen MR) is 97.9 cm³/mol. The number of carbonyl (C=O) groups excluding carboxylic acids is 1. The lowest BCUT2D eigenvalue weighted by molar-refractivity contribution is -0.116. The SMILES string of the molecule is Cc1cnn(CC2CC2)c1NC(=O)CCc1c(C)[nH]c(=O)c(C#N)c1C. The number of carbonyl (C=O) groups is 1. The van der Waals surface area contributed by atoms with E-state index in [1.165, 1.54) is 12.8 Å². The van der Waals surface area contributed by atoms with Crippen molar-refractivity contribution in [2.45, 2.75) is 53.0 Å². The van der Waals surface area contributed by atoms with Crippen LogP contribution < -0.4 is 10.9 Å². The van der Waals surface area contributed by atoms with Crippen molar-refractivity contribution in [2.24, 2.45) is 5.92 Å². The number of nitrogens with one attached hydrogen (secondary N) is 2. The fraction of sp³-hybridized carbons (Fsp3) is 0.474. The third-order valence-electron chi connectivity index (χ3n) is 4.93. The Hall–Kier alpha value is -2.88. The summed E-state index contributed by atoms with van der Waals surface area (Å²) in [7, 11) is 0. The number of nitriles is 1. The summed E-state index contributed by atoms with van der Waals surface area (Å²) in [5, 5.41) is 16.5. The lowest BCUT2D eigenvalue weighted by Gasteiger charge is -2.12. The quantitative estimate of drug-likeness (QED) is 0.832. The summed E-state index contributed by atoms with van der Waals surface area (Å²) in [6, 6.07) is 1.94. The molecule has 1 aliphatic carbocycles. The van der Waals surface area contributed by atoms with Crippen LogP contribution in [-0.2, 0) is 17.8 Å². The minimum absolute atomic E-state index is 0.103. The summed E-state index contributed by atoms with van der Waals surface area (Å²) in [6.07, 6.45) is 4.95. The molecule has 2 aromatic rings. The molecule has 0 unspecified atom stereocenters. The Labute approximate surface area is 152 Å². The van der Waals surface area contributed by atoms with E-state index in [9.17, 15) is 9.59 Å². The fourth-order valence-electron chi connectivity index (χ4n) is 3.18. The number of nitrogens with zero attached hydrogens (tertiary/aromatic N) is 3. The molecule has 7 heteroatoms. The Kier molecular flexibility index (Phi) is 4.94. The number of aromatic nitrogens is 3. The van der Waals surface area contributed by atoms with Gasteiger partial charge in [-0.25, -0.2) is 4.68 Å². The number of H-pyrrole nitrogens is 1. The van der Waals surface area contributed by atoms with Gasteiger partial charge < -0.3 is 10.3 Å². The van der Waals surface area contributed by atoms with E-state index in [1.54, 1.807) is 20.0 Å². The molecule has 7 nitrogen and oxygen atoms in total. The van der Waals surface area contributed by atoms with Gasteiger partial charge in [0.15, 0.2) is 0 Å². The summed E-state index contributed by atoms with van der Waals surface area (Å²) in [4.78, 5) is 26.9. The zero-order valence-corrected chi connectivity index (χ0v) is 15.3. The van der Waals surface area contributed by atoms with Gasteiger partial charge in [0.2, 0.25) is 5.91 Å². The van der Waals surface area contributed by atoms with Gasteiger partial charge in [-0.15, -0.1) is 0 Å². The molecule has 3 rings (SSSR count). The van der Waals surface area contributed by atoms with Crippen molar-refractivity contribution in [3.8, 4) is 6.07 Å². The molecule has 0 bridgehead atoms. The summed E-state index contributed by atoms with van der Waals surface area (Å²) in [6.45, 7) is 6.31. The number of aryl methyl sites for hydroxylation is 2. The van der Waals surface area contributed by atoms with Crippen molar-refractivity contribution in [2.75, 3.05) is 5.32 Å². The minimum Gasteiger partial charge on any atom is -0.325 e. The molecule has 2 N–H and O–H groups in total. The Morgan fingerprint density at radius 1 is 1.42 bits per heavy atom. The smallest absolute Gasteiger partial charge is 0.266 e. The molecule has 2 heterocycles. The third kappa shape index (κ3) is 3.69. The lowest BCUT2D eigenvalue weighted by Crippen LogP contribution is -2.20. The van der Waals surface area contributed by atoms with Crippen molar-refractivity contribution in [1.82, 2.24) is 14.8 Å². The molecule has 0 aliphatic heterocycles. The maximum Gasteiger partial charge on any atom is 0.266 e. The second-order valence-corrected chi connectivity index (χ2v) is 7.02. The first-order valence-corrected chi connectivity index (χ1v) is 8.85.